The van der Waals surface area contributed by atoms with Gasteiger partial charge in [0.05, 0.1) is 4.92 Å². The number of carboxylic acid groups (broad SMARTS) is 1. The number of likely N-dealkylation sites (N-methyl/N-ethyl adjacent to an activating group) is 1. The van der Waals surface area contributed by atoms with E-state index >= 15 is 0 Å². The van der Waals surface area contributed by atoms with Crippen LogP contribution in [-0.4, -0.2) is 40.5 Å². The SMILES string of the molecule is CN(CCc1cccc(C=CC(=O)Nc2ccc([N+](=O)[O-])cc2)c1)C(=O)O. The van der Waals surface area contributed by atoms with Gasteiger partial charge in [0.25, 0.3) is 5.69 Å². The number of rotatable bonds is 7. The zero-order valence-corrected chi connectivity index (χ0v) is 14.7. The van der Waals surface area contributed by atoms with Gasteiger partial charge < -0.3 is 15.3 Å². The van der Waals surface area contributed by atoms with E-state index in [1.807, 2.05) is 24.3 Å². The Morgan fingerprint density at radius 1 is 1.22 bits per heavy atom. The average molecular weight is 369 g/mol. The molecule has 0 heterocycles. The number of benzene rings is 2. The van der Waals surface area contributed by atoms with Gasteiger partial charge in [-0.3, -0.25) is 14.9 Å². The van der Waals surface area contributed by atoms with Gasteiger partial charge in [0, 0.05) is 37.5 Å². The van der Waals surface area contributed by atoms with Crippen molar-refractivity contribution in [2.75, 3.05) is 18.9 Å². The van der Waals surface area contributed by atoms with Gasteiger partial charge >= 0.3 is 6.09 Å². The maximum Gasteiger partial charge on any atom is 0.407 e. The first-order valence-electron chi connectivity index (χ1n) is 8.11. The molecule has 0 fully saturated rings. The van der Waals surface area contributed by atoms with Crippen molar-refractivity contribution in [1.82, 2.24) is 4.90 Å². The number of nitrogens with one attached hydrogen (secondary N) is 1. The number of carbonyl (C=O) groups excluding carboxylic acids is 1. The van der Waals surface area contributed by atoms with Crippen LogP contribution in [-0.2, 0) is 11.2 Å². The first-order chi connectivity index (χ1) is 12.8. The molecule has 8 nitrogen and oxygen atoms in total. The summed E-state index contributed by atoms with van der Waals surface area (Å²) in [5, 5.41) is 22.1. The van der Waals surface area contributed by atoms with Gasteiger partial charge in [-0.25, -0.2) is 4.79 Å². The van der Waals surface area contributed by atoms with E-state index in [9.17, 15) is 19.7 Å². The highest BCUT2D eigenvalue weighted by atomic mass is 16.6. The molecule has 0 spiro atoms. The molecular weight excluding hydrogens is 350 g/mol. The minimum absolute atomic E-state index is 0.0473. The molecule has 0 aliphatic rings. The number of non-ortho nitro benzene ring substituents is 1. The van der Waals surface area contributed by atoms with E-state index in [0.717, 1.165) is 11.1 Å². The lowest BCUT2D eigenvalue weighted by Gasteiger charge is -2.12. The van der Waals surface area contributed by atoms with E-state index in [-0.39, 0.29) is 11.6 Å². The zero-order valence-electron chi connectivity index (χ0n) is 14.7. The fraction of sp³-hybridized carbons (Fsp3) is 0.158. The number of amides is 2. The van der Waals surface area contributed by atoms with Crippen LogP contribution in [0, 0.1) is 10.1 Å². The Morgan fingerprint density at radius 2 is 1.93 bits per heavy atom. The van der Waals surface area contributed by atoms with Gasteiger partial charge in [0.15, 0.2) is 0 Å². The van der Waals surface area contributed by atoms with Crippen molar-refractivity contribution in [1.29, 1.82) is 0 Å². The Morgan fingerprint density at radius 3 is 2.56 bits per heavy atom. The molecule has 2 N–H and O–H groups in total. The molecule has 0 aliphatic carbocycles. The lowest BCUT2D eigenvalue weighted by molar-refractivity contribution is -0.384. The average Bonchev–Trinajstić information content (AvgIpc) is 2.65. The molecule has 27 heavy (non-hydrogen) atoms. The molecule has 8 heteroatoms. The quantitative estimate of drug-likeness (QED) is 0.441. The van der Waals surface area contributed by atoms with Crippen molar-refractivity contribution in [3.63, 3.8) is 0 Å². The van der Waals surface area contributed by atoms with Gasteiger partial charge in [-0.05, 0) is 35.8 Å². The monoisotopic (exact) mass is 369 g/mol. The molecule has 2 aromatic rings. The summed E-state index contributed by atoms with van der Waals surface area (Å²) in [7, 11) is 1.51. The second-order valence-electron chi connectivity index (χ2n) is 5.83. The normalized spacial score (nSPS) is 10.6. The highest BCUT2D eigenvalue weighted by Crippen LogP contribution is 2.15. The molecule has 0 saturated heterocycles. The summed E-state index contributed by atoms with van der Waals surface area (Å²) < 4.78 is 0. The third-order valence-electron chi connectivity index (χ3n) is 3.79. The molecule has 2 amide bonds. The summed E-state index contributed by atoms with van der Waals surface area (Å²) in [6.07, 6.45) is 2.60. The Balaban J connectivity index is 1.94. The summed E-state index contributed by atoms with van der Waals surface area (Å²) in [6.45, 7) is 0.378. The Kier molecular flexibility index (Phi) is 6.65. The lowest BCUT2D eigenvalue weighted by atomic mass is 10.1. The van der Waals surface area contributed by atoms with Crippen molar-refractivity contribution in [2.45, 2.75) is 6.42 Å². The highest BCUT2D eigenvalue weighted by Gasteiger charge is 2.06. The molecule has 2 aromatic carbocycles. The highest BCUT2D eigenvalue weighted by molar-refractivity contribution is 6.01. The van der Waals surface area contributed by atoms with Crippen LogP contribution in [0.2, 0.25) is 0 Å². The van der Waals surface area contributed by atoms with E-state index in [2.05, 4.69) is 5.32 Å². The van der Waals surface area contributed by atoms with Crippen LogP contribution in [0.3, 0.4) is 0 Å². The lowest BCUT2D eigenvalue weighted by Crippen LogP contribution is -2.26. The third kappa shape index (κ3) is 6.28. The number of nitrogens with zero attached hydrogens (tertiary/aromatic N) is 2. The number of anilines is 1. The van der Waals surface area contributed by atoms with Gasteiger partial charge in [-0.15, -0.1) is 0 Å². The summed E-state index contributed by atoms with van der Waals surface area (Å²) >= 11 is 0. The molecule has 0 radical (unpaired) electrons. The van der Waals surface area contributed by atoms with Crippen LogP contribution in [0.1, 0.15) is 11.1 Å². The minimum Gasteiger partial charge on any atom is -0.465 e. The summed E-state index contributed by atoms with van der Waals surface area (Å²) in [6, 6.07) is 13.0. The molecular formula is C19H19N3O5. The number of hydrogen-bond donors (Lipinski definition) is 2. The molecule has 0 bridgehead atoms. The van der Waals surface area contributed by atoms with Crippen molar-refractivity contribution in [3.05, 3.63) is 75.8 Å². The van der Waals surface area contributed by atoms with Crippen molar-refractivity contribution >= 4 is 29.5 Å². The summed E-state index contributed by atoms with van der Waals surface area (Å²) in [4.78, 5) is 34.1. The molecule has 0 aromatic heterocycles. The molecule has 0 aliphatic heterocycles. The molecule has 140 valence electrons. The predicted octanol–water partition coefficient (Wildman–Crippen LogP) is 3.40. The van der Waals surface area contributed by atoms with Gasteiger partial charge in [-0.2, -0.15) is 0 Å². The van der Waals surface area contributed by atoms with Crippen LogP contribution in [0.4, 0.5) is 16.2 Å². The van der Waals surface area contributed by atoms with Gasteiger partial charge in [-0.1, -0.05) is 24.3 Å². The van der Waals surface area contributed by atoms with E-state index in [1.54, 1.807) is 6.08 Å². The van der Waals surface area contributed by atoms with Crippen molar-refractivity contribution in [2.24, 2.45) is 0 Å². The third-order valence-corrected chi connectivity index (χ3v) is 3.79. The van der Waals surface area contributed by atoms with Gasteiger partial charge in [0.2, 0.25) is 5.91 Å². The van der Waals surface area contributed by atoms with E-state index < -0.39 is 11.0 Å². The number of nitro groups is 1. The minimum atomic E-state index is -0.978. The molecule has 0 atom stereocenters. The molecule has 2 rings (SSSR count). The first-order valence-corrected chi connectivity index (χ1v) is 8.11. The van der Waals surface area contributed by atoms with E-state index in [1.165, 1.54) is 42.3 Å². The van der Waals surface area contributed by atoms with Crippen LogP contribution in [0.5, 0.6) is 0 Å². The van der Waals surface area contributed by atoms with Crippen molar-refractivity contribution < 1.29 is 19.6 Å². The first kappa shape index (κ1) is 19.6. The van der Waals surface area contributed by atoms with Crippen LogP contribution in [0.15, 0.2) is 54.6 Å². The second-order valence-corrected chi connectivity index (χ2v) is 5.83. The van der Waals surface area contributed by atoms with Crippen LogP contribution < -0.4 is 5.32 Å². The Hall–Kier alpha value is -3.68. The summed E-state index contributed by atoms with van der Waals surface area (Å²) in [5.41, 5.74) is 2.18. The Labute approximate surface area is 155 Å². The van der Waals surface area contributed by atoms with Gasteiger partial charge in [0.1, 0.15) is 0 Å². The van der Waals surface area contributed by atoms with Crippen LogP contribution in [0.25, 0.3) is 6.08 Å². The van der Waals surface area contributed by atoms with E-state index in [4.69, 9.17) is 5.11 Å². The maximum atomic E-state index is 12.0. The van der Waals surface area contributed by atoms with Crippen molar-refractivity contribution in [3.8, 4) is 0 Å². The molecule has 0 saturated carbocycles. The number of hydrogen-bond acceptors (Lipinski definition) is 4. The maximum absolute atomic E-state index is 12.0. The fourth-order valence-corrected chi connectivity index (χ4v) is 2.27. The number of carbonyl (C=O) groups is 2. The van der Waals surface area contributed by atoms with Crippen LogP contribution >= 0.6 is 0 Å². The summed E-state index contributed by atoms with van der Waals surface area (Å²) in [5.74, 6) is -0.361. The standard InChI is InChI=1S/C19H19N3O5/c1-21(19(24)25)12-11-15-4-2-3-14(13-15)5-10-18(23)20-16-6-8-17(9-7-16)22(26)27/h2-10,13H,11-12H2,1H3,(H,20,23)(H,24,25). The number of nitro benzene ring substituents is 1. The second kappa shape index (κ2) is 9.14. The van der Waals surface area contributed by atoms with E-state index in [0.29, 0.717) is 18.7 Å². The smallest absolute Gasteiger partial charge is 0.407 e. The topological polar surface area (TPSA) is 113 Å². The molecule has 0 unspecified atom stereocenters. The predicted molar refractivity (Wildman–Crippen MR) is 102 cm³/mol. The Bertz CT molecular complexity index is 862. The zero-order chi connectivity index (χ0) is 19.8. The fourth-order valence-electron chi connectivity index (χ4n) is 2.27. The largest absolute Gasteiger partial charge is 0.465 e.